The fraction of sp³-hybridized carbons (Fsp3) is 0.421. The predicted octanol–water partition coefficient (Wildman–Crippen LogP) is 3.55. The van der Waals surface area contributed by atoms with Gasteiger partial charge in [-0.1, -0.05) is 17.7 Å². The summed E-state index contributed by atoms with van der Waals surface area (Å²) in [5, 5.41) is 10.6. The van der Waals surface area contributed by atoms with Crippen molar-refractivity contribution in [2.45, 2.75) is 44.1 Å². The van der Waals surface area contributed by atoms with Crippen molar-refractivity contribution in [3.8, 4) is 5.75 Å². The highest BCUT2D eigenvalue weighted by atomic mass is 16.5. The van der Waals surface area contributed by atoms with E-state index in [-0.39, 0.29) is 17.9 Å². The molecule has 0 amide bonds. The number of hydrogen-bond donors (Lipinski definition) is 1. The van der Waals surface area contributed by atoms with Gasteiger partial charge < -0.3 is 9.84 Å². The van der Waals surface area contributed by atoms with Crippen molar-refractivity contribution in [2.75, 3.05) is 7.11 Å². The number of benzene rings is 1. The van der Waals surface area contributed by atoms with E-state index in [0.717, 1.165) is 11.3 Å². The van der Waals surface area contributed by atoms with Crippen LogP contribution < -0.4 is 4.74 Å². The molecule has 1 N–H and O–H groups in total. The monoisotopic (exact) mass is 324 g/mol. The van der Waals surface area contributed by atoms with E-state index in [2.05, 4.69) is 9.69 Å². The zero-order valence-electron chi connectivity index (χ0n) is 13.7. The van der Waals surface area contributed by atoms with Crippen molar-refractivity contribution in [3.63, 3.8) is 0 Å². The van der Waals surface area contributed by atoms with Crippen LogP contribution >= 0.6 is 0 Å². The number of allylic oxidation sites excluding steroid dienone is 1. The number of Topliss-reactive ketones (excluding diaryl/α,β-unsaturated/α-hetero) is 1. The first-order valence-electron chi connectivity index (χ1n) is 7.83. The van der Waals surface area contributed by atoms with Crippen LogP contribution in [0.2, 0.25) is 0 Å². The Bertz CT molecular complexity index is 710. The first-order valence-corrected chi connectivity index (χ1v) is 7.83. The quantitative estimate of drug-likeness (QED) is 0.843. The molecule has 124 valence electrons. The maximum atomic E-state index is 11.3. The zero-order chi connectivity index (χ0) is 17.6. The van der Waals surface area contributed by atoms with Crippen LogP contribution in [0.1, 0.15) is 37.7 Å². The van der Waals surface area contributed by atoms with E-state index in [9.17, 15) is 9.90 Å². The van der Waals surface area contributed by atoms with Gasteiger partial charge in [0, 0.05) is 12.8 Å². The average Bonchev–Trinajstić information content (AvgIpc) is 2.61. The Morgan fingerprint density at radius 3 is 2.25 bits per heavy atom. The second-order valence-corrected chi connectivity index (χ2v) is 6.08. The number of methoxy groups -OCH3 is 1. The fourth-order valence-corrected chi connectivity index (χ4v) is 2.83. The number of carbonyl (C=O) groups is 1. The van der Waals surface area contributed by atoms with Crippen LogP contribution in [0.5, 0.6) is 5.75 Å². The molecule has 5 nitrogen and oxygen atoms in total. The maximum absolute atomic E-state index is 11.3. The van der Waals surface area contributed by atoms with Crippen molar-refractivity contribution in [3.05, 3.63) is 64.1 Å². The minimum absolute atomic E-state index is 0.137. The molecule has 1 aromatic carbocycles. The first kappa shape index (κ1) is 17.7. The highest BCUT2D eigenvalue weighted by Gasteiger charge is 2.34. The molecule has 1 fully saturated rings. The molecule has 2 rings (SSSR count). The largest absolute Gasteiger partial charge is 0.497 e. The van der Waals surface area contributed by atoms with E-state index in [0.29, 0.717) is 37.8 Å². The number of nitrogens with zero attached hydrogens (tertiary/aromatic N) is 2. The number of ketones is 1. The summed E-state index contributed by atoms with van der Waals surface area (Å²) in [4.78, 5) is 18.4. The second-order valence-electron chi connectivity index (χ2n) is 6.08. The second kappa shape index (κ2) is 7.77. The van der Waals surface area contributed by atoms with Gasteiger partial charge in [-0.2, -0.15) is 0 Å². The maximum Gasteiger partial charge on any atom is 0.173 e. The molecule has 5 heteroatoms. The van der Waals surface area contributed by atoms with Gasteiger partial charge in [-0.05, 0) is 37.8 Å². The summed E-state index contributed by atoms with van der Waals surface area (Å²) in [6, 6.07) is 7.35. The van der Waals surface area contributed by atoms with E-state index in [4.69, 9.17) is 17.9 Å². The molecular formula is C19H20N2O3. The number of ether oxygens (including phenoxy) is 1. The van der Waals surface area contributed by atoms with Crippen LogP contribution in [0.25, 0.3) is 9.69 Å². The third-order valence-corrected chi connectivity index (χ3v) is 4.37. The molecule has 24 heavy (non-hydrogen) atoms. The SMILES string of the molecule is [C-]#[N+]/C(Cc1ccc(OC)cc1)=C(\CC1(O)CCC(=O)CC1)[N+]#[C-]. The zero-order valence-corrected chi connectivity index (χ0v) is 13.7. The Morgan fingerprint density at radius 2 is 1.75 bits per heavy atom. The van der Waals surface area contributed by atoms with Crippen molar-refractivity contribution in [1.29, 1.82) is 0 Å². The molecule has 0 heterocycles. The van der Waals surface area contributed by atoms with Crippen molar-refractivity contribution in [2.24, 2.45) is 0 Å². The minimum atomic E-state index is -1.05. The van der Waals surface area contributed by atoms with Crippen molar-refractivity contribution < 1.29 is 14.6 Å². The van der Waals surface area contributed by atoms with Gasteiger partial charge in [0.15, 0.2) is 11.4 Å². The molecule has 0 aromatic heterocycles. The van der Waals surface area contributed by atoms with Crippen LogP contribution in [0.15, 0.2) is 35.7 Å². The van der Waals surface area contributed by atoms with E-state index >= 15 is 0 Å². The molecule has 1 aliphatic rings. The third-order valence-electron chi connectivity index (χ3n) is 4.37. The summed E-state index contributed by atoms with van der Waals surface area (Å²) in [6.45, 7) is 14.8. The van der Waals surface area contributed by atoms with Gasteiger partial charge in [-0.25, -0.2) is 0 Å². The molecule has 1 saturated carbocycles. The van der Waals surface area contributed by atoms with E-state index < -0.39 is 5.60 Å². The van der Waals surface area contributed by atoms with Gasteiger partial charge >= 0.3 is 0 Å². The Kier molecular flexibility index (Phi) is 5.73. The summed E-state index contributed by atoms with van der Waals surface area (Å²) in [6.07, 6.45) is 1.89. The Morgan fingerprint density at radius 1 is 1.17 bits per heavy atom. The molecule has 0 bridgehead atoms. The lowest BCUT2D eigenvalue weighted by atomic mass is 9.80. The van der Waals surface area contributed by atoms with Crippen LogP contribution in [-0.2, 0) is 11.2 Å². The molecule has 0 saturated heterocycles. The van der Waals surface area contributed by atoms with Gasteiger partial charge in [0.2, 0.25) is 0 Å². The lowest BCUT2D eigenvalue weighted by molar-refractivity contribution is -0.125. The standard InChI is InChI=1S/C19H20N2O3/c1-20-17(12-14-4-6-16(24-3)7-5-14)18(21-2)13-19(23)10-8-15(22)9-11-19/h4-7,23H,8-13H2,3H3/b18-17+. The molecule has 1 aliphatic carbocycles. The Balaban J connectivity index is 2.18. The van der Waals surface area contributed by atoms with E-state index in [1.807, 2.05) is 24.3 Å². The number of carbonyl (C=O) groups excluding carboxylic acids is 1. The number of aliphatic hydroxyl groups is 1. The molecule has 1 aromatic rings. The topological polar surface area (TPSA) is 55.2 Å². The number of hydrogen-bond acceptors (Lipinski definition) is 3. The van der Waals surface area contributed by atoms with Gasteiger partial charge in [-0.3, -0.25) is 14.5 Å². The van der Waals surface area contributed by atoms with Gasteiger partial charge in [0.25, 0.3) is 0 Å². The fourth-order valence-electron chi connectivity index (χ4n) is 2.83. The van der Waals surface area contributed by atoms with Crippen molar-refractivity contribution >= 4 is 5.78 Å². The van der Waals surface area contributed by atoms with Crippen LogP contribution in [0, 0.1) is 13.1 Å². The smallest absolute Gasteiger partial charge is 0.173 e. The van der Waals surface area contributed by atoms with Gasteiger partial charge in [0.1, 0.15) is 11.5 Å². The Hall–Kier alpha value is -2.63. The van der Waals surface area contributed by atoms with Gasteiger partial charge in [0.05, 0.1) is 25.9 Å². The third kappa shape index (κ3) is 4.44. The lowest BCUT2D eigenvalue weighted by Crippen LogP contribution is -2.34. The summed E-state index contributed by atoms with van der Waals surface area (Å²) in [5.74, 6) is 0.885. The summed E-state index contributed by atoms with van der Waals surface area (Å²) < 4.78 is 5.11. The summed E-state index contributed by atoms with van der Waals surface area (Å²) in [7, 11) is 1.59. The summed E-state index contributed by atoms with van der Waals surface area (Å²) >= 11 is 0. The van der Waals surface area contributed by atoms with Gasteiger partial charge in [-0.15, -0.1) is 0 Å². The van der Waals surface area contributed by atoms with Crippen molar-refractivity contribution in [1.82, 2.24) is 0 Å². The first-order chi connectivity index (χ1) is 11.5. The molecular weight excluding hydrogens is 304 g/mol. The number of rotatable bonds is 5. The minimum Gasteiger partial charge on any atom is -0.497 e. The van der Waals surface area contributed by atoms with E-state index in [1.165, 1.54) is 0 Å². The van der Waals surface area contributed by atoms with Crippen LogP contribution in [0.4, 0.5) is 0 Å². The highest BCUT2D eigenvalue weighted by Crippen LogP contribution is 2.34. The lowest BCUT2D eigenvalue weighted by Gasteiger charge is -2.31. The highest BCUT2D eigenvalue weighted by molar-refractivity contribution is 5.79. The van der Waals surface area contributed by atoms with Crippen LogP contribution in [-0.4, -0.2) is 23.6 Å². The normalized spacial score (nSPS) is 17.4. The average molecular weight is 324 g/mol. The molecule has 0 radical (unpaired) electrons. The Labute approximate surface area is 142 Å². The molecule has 0 unspecified atom stereocenters. The molecule has 0 aliphatic heterocycles. The molecule has 0 atom stereocenters. The van der Waals surface area contributed by atoms with Crippen LogP contribution in [0.3, 0.4) is 0 Å². The molecule has 0 spiro atoms. The summed E-state index contributed by atoms with van der Waals surface area (Å²) in [5.41, 5.74) is 0.496. The predicted molar refractivity (Wildman–Crippen MR) is 90.0 cm³/mol. The van der Waals surface area contributed by atoms with E-state index in [1.54, 1.807) is 7.11 Å².